The third-order valence-corrected chi connectivity index (χ3v) is 9.60. The minimum absolute atomic E-state index is 0. The number of alkyl halides is 2. The van der Waals surface area contributed by atoms with Crippen LogP contribution in [0.2, 0.25) is 25.1 Å². The molecule has 5 rings (SSSR count). The summed E-state index contributed by atoms with van der Waals surface area (Å²) in [5.74, 6) is 2.91. The molecule has 16 heteroatoms. The molecule has 0 fully saturated rings. The number of amides is 2. The number of phenols is 1. The van der Waals surface area contributed by atoms with E-state index in [1.54, 1.807) is 70.7 Å². The molecule has 0 spiro atoms. The smallest absolute Gasteiger partial charge is 0.315 e. The molecule has 5 aromatic carbocycles. The number of aryl methyl sites for hydroxylation is 2. The van der Waals surface area contributed by atoms with Gasteiger partial charge in [-0.1, -0.05) is 149 Å². The zero-order valence-corrected chi connectivity index (χ0v) is 38.3. The molecule has 0 radical (unpaired) electrons. The SMILES string of the molecule is C.C.COc1c(C)cccc1Cl.COc1c(Cl)cccc1CBr.COc1c(Cl)cccc1CN.COc1c(Cl)cccc1CNC(=O)NCCF.Cc1cccc(Cl)c1O. The van der Waals surface area contributed by atoms with Crippen molar-refractivity contribution in [1.82, 2.24) is 10.6 Å². The van der Waals surface area contributed by atoms with E-state index in [9.17, 15) is 9.18 Å². The maximum absolute atomic E-state index is 11.8. The summed E-state index contributed by atoms with van der Waals surface area (Å²) in [5, 5.41) is 17.6. The molecule has 0 aromatic heterocycles. The van der Waals surface area contributed by atoms with Gasteiger partial charge in [-0.2, -0.15) is 0 Å². The molecule has 332 valence electrons. The third kappa shape index (κ3) is 20.2. The van der Waals surface area contributed by atoms with Crippen molar-refractivity contribution >= 4 is 80.0 Å². The van der Waals surface area contributed by atoms with E-state index >= 15 is 0 Å². The molecule has 2 amide bonds. The summed E-state index contributed by atoms with van der Waals surface area (Å²) in [4.78, 5) is 11.2. The van der Waals surface area contributed by atoms with Gasteiger partial charge in [0.1, 0.15) is 35.4 Å². The molecule has 5 aromatic rings. The van der Waals surface area contributed by atoms with Crippen molar-refractivity contribution in [3.05, 3.63) is 144 Å². The molecular weight excluding hydrogens is 943 g/mol. The van der Waals surface area contributed by atoms with E-state index in [1.807, 2.05) is 55.5 Å². The van der Waals surface area contributed by atoms with Crippen molar-refractivity contribution in [1.29, 1.82) is 0 Å². The Kier molecular flexibility index (Phi) is 32.0. The number of para-hydroxylation sites is 5. The van der Waals surface area contributed by atoms with Gasteiger partial charge in [0.25, 0.3) is 0 Å². The molecule has 0 saturated carbocycles. The minimum Gasteiger partial charge on any atom is -0.506 e. The van der Waals surface area contributed by atoms with E-state index in [2.05, 4.69) is 26.6 Å². The lowest BCUT2D eigenvalue weighted by Crippen LogP contribution is -2.36. The van der Waals surface area contributed by atoms with Crippen LogP contribution in [0.25, 0.3) is 0 Å². The Bertz CT molecular complexity index is 1900. The lowest BCUT2D eigenvalue weighted by Gasteiger charge is -2.11. The number of nitrogens with one attached hydrogen (secondary N) is 2. The van der Waals surface area contributed by atoms with Crippen LogP contribution in [0.1, 0.15) is 42.7 Å². The van der Waals surface area contributed by atoms with E-state index in [1.165, 1.54) is 7.11 Å². The molecular formula is C44H56BrCl5FN3O6. The Morgan fingerprint density at radius 1 is 0.617 bits per heavy atom. The number of phenolic OH excluding ortho intramolecular Hbond substituents is 1. The van der Waals surface area contributed by atoms with E-state index in [0.29, 0.717) is 43.2 Å². The van der Waals surface area contributed by atoms with Crippen LogP contribution >= 0.6 is 73.9 Å². The quantitative estimate of drug-likeness (QED) is 0.103. The maximum atomic E-state index is 11.8. The van der Waals surface area contributed by atoms with Crippen LogP contribution in [0.5, 0.6) is 28.7 Å². The molecule has 5 N–H and O–H groups in total. The zero-order chi connectivity index (χ0) is 43.6. The summed E-state index contributed by atoms with van der Waals surface area (Å²) in [6.07, 6.45) is 0. The van der Waals surface area contributed by atoms with Crippen LogP contribution in [-0.2, 0) is 18.4 Å². The van der Waals surface area contributed by atoms with Gasteiger partial charge in [-0.05, 0) is 55.3 Å². The average molecular weight is 999 g/mol. The van der Waals surface area contributed by atoms with E-state index in [0.717, 1.165) is 44.6 Å². The van der Waals surface area contributed by atoms with Crippen LogP contribution in [0.4, 0.5) is 9.18 Å². The molecule has 0 heterocycles. The lowest BCUT2D eigenvalue weighted by molar-refractivity contribution is 0.239. The van der Waals surface area contributed by atoms with Gasteiger partial charge in [-0.3, -0.25) is 0 Å². The first-order valence-electron chi connectivity index (χ1n) is 17.3. The number of ether oxygens (including phenoxy) is 4. The van der Waals surface area contributed by atoms with Crippen LogP contribution in [0, 0.1) is 13.8 Å². The standard InChI is InChI=1S/C11H14ClFN2O2.C8H8BrClO.C8H10ClNO.C8H9ClO.C7H7ClO.2CH4/c1-17-10-8(3-2-4-9(10)12)7-15-11(16)14-6-5-13;1-11-8-6(5-9)3-2-4-7(8)10;1-11-8-6(5-10)3-2-4-7(8)9;1-6-4-3-5-7(9)8(6)10-2;1-5-3-2-4-6(8)7(5)9;;/h2-4H,5-7H2,1H3,(H2,14,15,16);2-4H,5H2,1H3;2-4H,5,10H2,1H3;3-5H,1-2H3;2-4,9H,1H3;2*1H4. The predicted octanol–water partition coefficient (Wildman–Crippen LogP) is 13.5. The van der Waals surface area contributed by atoms with Gasteiger partial charge in [-0.15, -0.1) is 0 Å². The number of aromatic hydroxyl groups is 1. The highest BCUT2D eigenvalue weighted by atomic mass is 79.9. The fourth-order valence-corrected chi connectivity index (χ4v) is 6.42. The first-order chi connectivity index (χ1) is 27.7. The number of benzene rings is 5. The summed E-state index contributed by atoms with van der Waals surface area (Å²) >= 11 is 32.3. The van der Waals surface area contributed by atoms with Crippen LogP contribution in [0.15, 0.2) is 91.0 Å². The summed E-state index contributed by atoms with van der Waals surface area (Å²) in [6, 6.07) is 27.0. The molecule has 0 saturated heterocycles. The Morgan fingerprint density at radius 3 is 1.35 bits per heavy atom. The van der Waals surface area contributed by atoms with Crippen molar-refractivity contribution in [3.8, 4) is 28.7 Å². The molecule has 0 unspecified atom stereocenters. The first-order valence-corrected chi connectivity index (χ1v) is 20.3. The second kappa shape index (κ2) is 32.9. The molecule has 0 aliphatic carbocycles. The molecule has 0 bridgehead atoms. The molecule has 0 aliphatic heterocycles. The number of halogens is 7. The number of hydrogen-bond donors (Lipinski definition) is 4. The summed E-state index contributed by atoms with van der Waals surface area (Å²) < 4.78 is 32.1. The fraction of sp³-hybridized carbons (Fsp3) is 0.295. The molecule has 9 nitrogen and oxygen atoms in total. The zero-order valence-electron chi connectivity index (χ0n) is 32.9. The van der Waals surface area contributed by atoms with E-state index < -0.39 is 12.7 Å². The van der Waals surface area contributed by atoms with Gasteiger partial charge in [0.15, 0.2) is 0 Å². The van der Waals surface area contributed by atoms with Crippen molar-refractivity contribution < 1.29 is 33.2 Å². The third-order valence-electron chi connectivity index (χ3n) is 7.50. The van der Waals surface area contributed by atoms with Gasteiger partial charge >= 0.3 is 6.03 Å². The van der Waals surface area contributed by atoms with Crippen LogP contribution < -0.4 is 35.3 Å². The largest absolute Gasteiger partial charge is 0.506 e. The minimum atomic E-state index is -0.589. The van der Waals surface area contributed by atoms with Crippen molar-refractivity contribution in [2.75, 3.05) is 41.7 Å². The average Bonchev–Trinajstić information content (AvgIpc) is 3.22. The first kappa shape index (κ1) is 58.3. The normalized spacial score (nSPS) is 9.37. The highest BCUT2D eigenvalue weighted by molar-refractivity contribution is 9.08. The van der Waals surface area contributed by atoms with Gasteiger partial charge in [0.2, 0.25) is 0 Å². The lowest BCUT2D eigenvalue weighted by atomic mass is 10.2. The van der Waals surface area contributed by atoms with Gasteiger partial charge in [0, 0.05) is 41.7 Å². The Labute approximate surface area is 388 Å². The summed E-state index contributed by atoms with van der Waals surface area (Å²) in [7, 11) is 6.33. The number of urea groups is 1. The molecule has 60 heavy (non-hydrogen) atoms. The second-order valence-electron chi connectivity index (χ2n) is 11.4. The Hall–Kier alpha value is -3.81. The topological polar surface area (TPSA) is 124 Å². The predicted molar refractivity (Wildman–Crippen MR) is 255 cm³/mol. The number of hydrogen-bond acceptors (Lipinski definition) is 7. The van der Waals surface area contributed by atoms with Gasteiger partial charge < -0.3 is 40.4 Å². The number of rotatable bonds is 10. The van der Waals surface area contributed by atoms with Crippen molar-refractivity contribution in [2.24, 2.45) is 5.73 Å². The van der Waals surface area contributed by atoms with Gasteiger partial charge in [-0.25, -0.2) is 9.18 Å². The molecule has 0 aliphatic rings. The maximum Gasteiger partial charge on any atom is 0.315 e. The van der Waals surface area contributed by atoms with E-state index in [4.69, 9.17) is 87.8 Å². The highest BCUT2D eigenvalue weighted by Gasteiger charge is 2.09. The summed E-state index contributed by atoms with van der Waals surface area (Å²) in [5.41, 5.74) is 10.1. The van der Waals surface area contributed by atoms with Crippen LogP contribution in [-0.4, -0.2) is 52.8 Å². The van der Waals surface area contributed by atoms with Crippen molar-refractivity contribution in [3.63, 3.8) is 0 Å². The van der Waals surface area contributed by atoms with Crippen LogP contribution in [0.3, 0.4) is 0 Å². The number of carbonyl (C=O) groups excluding carboxylic acids is 1. The summed E-state index contributed by atoms with van der Waals surface area (Å²) in [6.45, 7) is 3.89. The molecule has 0 atom stereocenters. The Morgan fingerprint density at radius 2 is 1.00 bits per heavy atom. The number of methoxy groups -OCH3 is 4. The van der Waals surface area contributed by atoms with Gasteiger partial charge in [0.05, 0.1) is 53.6 Å². The van der Waals surface area contributed by atoms with E-state index in [-0.39, 0.29) is 33.7 Å². The van der Waals surface area contributed by atoms with Crippen molar-refractivity contribution in [2.45, 2.75) is 47.1 Å². The second-order valence-corrected chi connectivity index (χ2v) is 14.0. The highest BCUT2D eigenvalue weighted by Crippen LogP contribution is 2.31. The monoisotopic (exact) mass is 995 g/mol. The number of nitrogens with two attached hydrogens (primary N) is 1. The number of carbonyl (C=O) groups is 1. The fourth-order valence-electron chi connectivity index (χ4n) is 4.65. The Balaban J connectivity index is 0.